The van der Waals surface area contributed by atoms with Crippen molar-refractivity contribution in [3.8, 4) is 11.5 Å². The highest BCUT2D eigenvalue weighted by Crippen LogP contribution is 2.66. The molecule has 5 aliphatic rings. The van der Waals surface area contributed by atoms with Crippen LogP contribution in [0.15, 0.2) is 43.0 Å². The lowest BCUT2D eigenvalue weighted by atomic mass is 9.48. The molecule has 1 saturated carbocycles. The van der Waals surface area contributed by atoms with E-state index in [1.54, 1.807) is 6.07 Å². The molecule has 3 heterocycles. The predicted octanol–water partition coefficient (Wildman–Crippen LogP) is 2.54. The second-order valence-electron chi connectivity index (χ2n) is 10.4. The van der Waals surface area contributed by atoms with E-state index < -0.39 is 40.8 Å². The topological polar surface area (TPSA) is 90.3 Å². The van der Waals surface area contributed by atoms with Gasteiger partial charge < -0.3 is 14.9 Å². The van der Waals surface area contributed by atoms with Gasteiger partial charge in [-0.05, 0) is 62.1 Å². The third-order valence-corrected chi connectivity index (χ3v) is 9.12. The number of carbonyl (C=O) groups is 2. The summed E-state index contributed by atoms with van der Waals surface area (Å²) in [6.45, 7) is 5.21. The van der Waals surface area contributed by atoms with Crippen molar-refractivity contribution in [2.45, 2.75) is 54.9 Å². The molecule has 1 spiro atoms. The summed E-state index contributed by atoms with van der Waals surface area (Å²) in [7, 11) is 0. The number of rotatable bonds is 3. The van der Waals surface area contributed by atoms with Gasteiger partial charge in [0.2, 0.25) is 0 Å². The molecule has 2 N–H and O–H groups in total. The zero-order valence-corrected chi connectivity index (χ0v) is 19.0. The van der Waals surface area contributed by atoms with E-state index in [9.17, 15) is 24.2 Å². The molecule has 8 heteroatoms. The van der Waals surface area contributed by atoms with Gasteiger partial charge in [0.05, 0.1) is 28.2 Å². The Morgan fingerprint density at radius 2 is 1.97 bits per heavy atom. The number of benzene rings is 2. The number of amides is 2. The first-order chi connectivity index (χ1) is 16.8. The van der Waals surface area contributed by atoms with E-state index >= 15 is 0 Å². The zero-order chi connectivity index (χ0) is 24.3. The first kappa shape index (κ1) is 21.1. The van der Waals surface area contributed by atoms with Crippen molar-refractivity contribution >= 4 is 11.8 Å². The van der Waals surface area contributed by atoms with Gasteiger partial charge in [-0.2, -0.15) is 0 Å². The van der Waals surface area contributed by atoms with Crippen LogP contribution in [0.25, 0.3) is 0 Å². The van der Waals surface area contributed by atoms with Gasteiger partial charge in [0, 0.05) is 18.2 Å². The summed E-state index contributed by atoms with van der Waals surface area (Å²) in [4.78, 5) is 30.2. The number of phenols is 1. The first-order valence-electron chi connectivity index (χ1n) is 12.1. The summed E-state index contributed by atoms with van der Waals surface area (Å²) in [6, 6.07) is 6.29. The number of halogens is 1. The predicted molar refractivity (Wildman–Crippen MR) is 123 cm³/mol. The smallest absolute Gasteiger partial charge is 0.262 e. The molecular formula is C27H25FN2O5. The van der Waals surface area contributed by atoms with Crippen LogP contribution in [0.2, 0.25) is 0 Å². The summed E-state index contributed by atoms with van der Waals surface area (Å²) in [5.41, 5.74) is 0.0127. The van der Waals surface area contributed by atoms with Gasteiger partial charge in [0.25, 0.3) is 11.8 Å². The summed E-state index contributed by atoms with van der Waals surface area (Å²) in [5, 5.41) is 23.2. The lowest BCUT2D eigenvalue weighted by Crippen LogP contribution is -2.78. The van der Waals surface area contributed by atoms with Crippen LogP contribution >= 0.6 is 0 Å². The van der Waals surface area contributed by atoms with Gasteiger partial charge in [-0.15, -0.1) is 6.58 Å². The number of hydrogen-bond donors (Lipinski definition) is 2. The Morgan fingerprint density at radius 1 is 1.17 bits per heavy atom. The molecule has 2 amide bonds. The lowest BCUT2D eigenvalue weighted by molar-refractivity contribution is -0.194. The van der Waals surface area contributed by atoms with E-state index in [0.29, 0.717) is 44.5 Å². The van der Waals surface area contributed by atoms with E-state index in [2.05, 4.69) is 11.5 Å². The monoisotopic (exact) mass is 476 g/mol. The maximum absolute atomic E-state index is 13.9. The average molecular weight is 477 g/mol. The number of imide groups is 1. The van der Waals surface area contributed by atoms with Crippen LogP contribution in [-0.4, -0.2) is 68.7 Å². The Bertz CT molecular complexity index is 1340. The Kier molecular flexibility index (Phi) is 4.04. The molecule has 7 rings (SSSR count). The van der Waals surface area contributed by atoms with Gasteiger partial charge in [0.15, 0.2) is 11.5 Å². The molecule has 2 bridgehead atoms. The number of fused-ring (bicyclic) bond motifs is 1. The van der Waals surface area contributed by atoms with E-state index in [1.807, 2.05) is 12.1 Å². The number of aromatic hydroxyl groups is 1. The SMILES string of the molecule is C=CCN1CC[C@]23c4c5ccc(O)c4O[C@H]2[C@H](N2C(=O)c4ccc(F)cc4C2=O)CC[C@@]3(O)[C@@H]1C5. The van der Waals surface area contributed by atoms with Gasteiger partial charge in [-0.25, -0.2) is 4.39 Å². The Balaban J connectivity index is 1.39. The van der Waals surface area contributed by atoms with Gasteiger partial charge in [0.1, 0.15) is 11.9 Å². The maximum atomic E-state index is 13.9. The summed E-state index contributed by atoms with van der Waals surface area (Å²) in [5.74, 6) is -1.26. The number of piperidine rings is 1. The Hall–Kier alpha value is -3.23. The quantitative estimate of drug-likeness (QED) is 0.523. The average Bonchev–Trinajstić information content (AvgIpc) is 3.30. The summed E-state index contributed by atoms with van der Waals surface area (Å²) in [6.07, 6.45) is 3.00. The van der Waals surface area contributed by atoms with Crippen LogP contribution in [-0.2, 0) is 11.8 Å². The number of likely N-dealkylation sites (tertiary alicyclic amines) is 1. The Labute approximate surface area is 201 Å². The van der Waals surface area contributed by atoms with Crippen LogP contribution in [0, 0.1) is 5.82 Å². The fraction of sp³-hybridized carbons (Fsp3) is 0.407. The highest BCUT2D eigenvalue weighted by Gasteiger charge is 2.74. The number of aliphatic hydroxyl groups is 1. The van der Waals surface area contributed by atoms with Crippen molar-refractivity contribution in [3.05, 3.63) is 71.1 Å². The standard InChI is InChI=1S/C27H25FN2O5/c1-2-10-29-11-9-26-21-14-3-6-19(31)22(21)35-23(26)18(7-8-27(26,34)20(29)12-14)30-24(32)16-5-4-15(28)13-17(16)25(30)33/h2-6,13,18,20,23,31,34H,1,7-12H2/t18-,20+,23+,26+,27-/m1/s1. The minimum absolute atomic E-state index is 0.00923. The molecule has 7 nitrogen and oxygen atoms in total. The second kappa shape index (κ2) is 6.71. The third-order valence-electron chi connectivity index (χ3n) is 9.12. The zero-order valence-electron chi connectivity index (χ0n) is 19.0. The van der Waals surface area contributed by atoms with Crippen LogP contribution in [0.5, 0.6) is 11.5 Å². The largest absolute Gasteiger partial charge is 0.504 e. The molecule has 0 aromatic heterocycles. The number of phenolic OH excluding ortho intramolecular Hbond substituents is 1. The van der Waals surface area contributed by atoms with Gasteiger partial charge in [-0.1, -0.05) is 12.1 Å². The van der Waals surface area contributed by atoms with E-state index in [0.717, 1.165) is 17.2 Å². The van der Waals surface area contributed by atoms with E-state index in [4.69, 9.17) is 4.74 Å². The first-order valence-corrected chi connectivity index (χ1v) is 12.1. The maximum Gasteiger partial charge on any atom is 0.262 e. The molecular weight excluding hydrogens is 451 g/mol. The van der Waals surface area contributed by atoms with Crippen LogP contribution in [0.1, 0.15) is 51.1 Å². The number of ether oxygens (including phenoxy) is 1. The van der Waals surface area contributed by atoms with Crippen LogP contribution < -0.4 is 4.74 Å². The van der Waals surface area contributed by atoms with Crippen molar-refractivity contribution in [3.63, 3.8) is 0 Å². The molecule has 5 atom stereocenters. The van der Waals surface area contributed by atoms with Crippen molar-refractivity contribution in [1.82, 2.24) is 9.80 Å². The highest BCUT2D eigenvalue weighted by molar-refractivity contribution is 6.21. The van der Waals surface area contributed by atoms with Crippen molar-refractivity contribution in [2.24, 2.45) is 0 Å². The molecule has 2 aromatic carbocycles. The third kappa shape index (κ3) is 2.32. The molecule has 2 aliphatic carbocycles. The molecule has 2 fully saturated rings. The summed E-state index contributed by atoms with van der Waals surface area (Å²) >= 11 is 0. The van der Waals surface area contributed by atoms with Crippen molar-refractivity contribution in [2.75, 3.05) is 13.1 Å². The van der Waals surface area contributed by atoms with Crippen molar-refractivity contribution < 1.29 is 28.9 Å². The van der Waals surface area contributed by atoms with Gasteiger partial charge in [-0.3, -0.25) is 19.4 Å². The number of nitrogens with zero attached hydrogens (tertiary/aromatic N) is 2. The van der Waals surface area contributed by atoms with Gasteiger partial charge >= 0.3 is 0 Å². The van der Waals surface area contributed by atoms with Crippen LogP contribution in [0.4, 0.5) is 4.39 Å². The molecule has 3 aliphatic heterocycles. The van der Waals surface area contributed by atoms with E-state index in [1.165, 1.54) is 17.0 Å². The lowest BCUT2D eigenvalue weighted by Gasteiger charge is -2.64. The highest BCUT2D eigenvalue weighted by atomic mass is 19.1. The van der Waals surface area contributed by atoms with Crippen molar-refractivity contribution in [1.29, 1.82) is 0 Å². The number of carbonyl (C=O) groups excluding carboxylic acids is 2. The minimum Gasteiger partial charge on any atom is -0.504 e. The molecule has 2 aromatic rings. The molecule has 180 valence electrons. The fourth-order valence-corrected chi connectivity index (χ4v) is 7.79. The fourth-order valence-electron chi connectivity index (χ4n) is 7.79. The van der Waals surface area contributed by atoms with E-state index in [-0.39, 0.29) is 22.9 Å². The normalized spacial score (nSPS) is 34.5. The molecule has 0 unspecified atom stereocenters. The molecule has 35 heavy (non-hydrogen) atoms. The minimum atomic E-state index is -1.16. The summed E-state index contributed by atoms with van der Waals surface area (Å²) < 4.78 is 20.4. The van der Waals surface area contributed by atoms with Crippen LogP contribution in [0.3, 0.4) is 0 Å². The molecule has 0 radical (unpaired) electrons. The Morgan fingerprint density at radius 3 is 2.77 bits per heavy atom. The number of hydrogen-bond acceptors (Lipinski definition) is 6. The second-order valence-corrected chi connectivity index (χ2v) is 10.4. The molecule has 1 saturated heterocycles.